The highest BCUT2D eigenvalue weighted by molar-refractivity contribution is 7.99. The first-order valence-electron chi connectivity index (χ1n) is 10.5. The highest BCUT2D eigenvalue weighted by Crippen LogP contribution is 2.28. The van der Waals surface area contributed by atoms with Crippen LogP contribution in [0.4, 0.5) is 0 Å². The van der Waals surface area contributed by atoms with E-state index < -0.39 is 0 Å². The van der Waals surface area contributed by atoms with Crippen molar-refractivity contribution in [2.45, 2.75) is 70.4 Å². The van der Waals surface area contributed by atoms with Crippen molar-refractivity contribution in [3.05, 3.63) is 24.3 Å². The molecule has 1 atom stereocenters. The van der Waals surface area contributed by atoms with Gasteiger partial charge in [0.25, 0.3) is 0 Å². The zero-order valence-corrected chi connectivity index (χ0v) is 19.3. The Morgan fingerprint density at radius 3 is 2.50 bits per heavy atom. The van der Waals surface area contributed by atoms with Crippen LogP contribution in [0.5, 0.6) is 5.75 Å². The summed E-state index contributed by atoms with van der Waals surface area (Å²) >= 11 is 1.44. The van der Waals surface area contributed by atoms with Crippen LogP contribution in [0.15, 0.2) is 29.4 Å². The Labute approximate surface area is 183 Å². The zero-order valence-electron chi connectivity index (χ0n) is 18.5. The van der Waals surface area contributed by atoms with Gasteiger partial charge in [-0.05, 0) is 64.8 Å². The standard InChI is InChI=1S/C22H32N4O3S/c1-15(2)26(16(3)4)20(27)14-30-22-24-23-21(17-8-10-18(28-5)11-9-17)25(22)13-19-7-6-12-29-19/h8-11,15-16,19H,6-7,12-14H2,1-5H3. The fraction of sp³-hybridized carbons (Fsp3) is 0.591. The molecule has 1 aromatic carbocycles. The third-order valence-corrected chi connectivity index (χ3v) is 6.15. The van der Waals surface area contributed by atoms with Gasteiger partial charge in [0.15, 0.2) is 11.0 Å². The van der Waals surface area contributed by atoms with Crippen LogP contribution in [0.3, 0.4) is 0 Å². The summed E-state index contributed by atoms with van der Waals surface area (Å²) in [5, 5.41) is 9.61. The molecule has 0 bridgehead atoms. The third kappa shape index (κ3) is 5.35. The lowest BCUT2D eigenvalue weighted by Crippen LogP contribution is -2.43. The molecule has 1 fully saturated rings. The monoisotopic (exact) mass is 432 g/mol. The topological polar surface area (TPSA) is 69.5 Å². The Morgan fingerprint density at radius 2 is 1.93 bits per heavy atom. The van der Waals surface area contributed by atoms with Crippen LogP contribution in [0, 0.1) is 0 Å². The minimum atomic E-state index is 0.114. The van der Waals surface area contributed by atoms with Crippen LogP contribution in [0.1, 0.15) is 40.5 Å². The van der Waals surface area contributed by atoms with E-state index in [-0.39, 0.29) is 24.1 Å². The number of ether oxygens (including phenoxy) is 2. The number of rotatable bonds is 9. The highest BCUT2D eigenvalue weighted by Gasteiger charge is 2.24. The lowest BCUT2D eigenvalue weighted by atomic mass is 10.2. The number of carbonyl (C=O) groups excluding carboxylic acids is 1. The first-order valence-corrected chi connectivity index (χ1v) is 11.5. The van der Waals surface area contributed by atoms with E-state index in [4.69, 9.17) is 9.47 Å². The number of hydrogen-bond acceptors (Lipinski definition) is 6. The minimum absolute atomic E-state index is 0.114. The van der Waals surface area contributed by atoms with Gasteiger partial charge in [0.2, 0.25) is 5.91 Å². The second kappa shape index (κ2) is 10.3. The molecular weight excluding hydrogens is 400 g/mol. The Hall–Kier alpha value is -2.06. The van der Waals surface area contributed by atoms with E-state index in [1.54, 1.807) is 7.11 Å². The first kappa shape index (κ1) is 22.6. The molecule has 1 amide bonds. The number of thioether (sulfide) groups is 1. The van der Waals surface area contributed by atoms with Gasteiger partial charge in [-0.1, -0.05) is 11.8 Å². The summed E-state index contributed by atoms with van der Waals surface area (Å²) < 4.78 is 13.2. The molecule has 1 saturated heterocycles. The molecule has 1 aliphatic rings. The SMILES string of the molecule is COc1ccc(-c2nnc(SCC(=O)N(C(C)C)C(C)C)n2CC2CCCO2)cc1. The largest absolute Gasteiger partial charge is 0.497 e. The van der Waals surface area contributed by atoms with E-state index in [1.807, 2.05) is 56.9 Å². The number of hydrogen-bond donors (Lipinski definition) is 0. The van der Waals surface area contributed by atoms with Gasteiger partial charge < -0.3 is 14.4 Å². The number of aromatic nitrogens is 3. The summed E-state index contributed by atoms with van der Waals surface area (Å²) in [6, 6.07) is 8.12. The highest BCUT2D eigenvalue weighted by atomic mass is 32.2. The zero-order chi connectivity index (χ0) is 21.7. The van der Waals surface area contributed by atoms with Gasteiger partial charge in [-0.25, -0.2) is 0 Å². The summed E-state index contributed by atoms with van der Waals surface area (Å²) in [7, 11) is 1.65. The second-order valence-electron chi connectivity index (χ2n) is 8.06. The normalized spacial score (nSPS) is 16.4. The summed E-state index contributed by atoms with van der Waals surface area (Å²) in [6.07, 6.45) is 2.25. The quantitative estimate of drug-likeness (QED) is 0.560. The molecule has 0 aliphatic carbocycles. The molecule has 0 radical (unpaired) electrons. The molecule has 8 heteroatoms. The van der Waals surface area contributed by atoms with Crippen LogP contribution in [0.25, 0.3) is 11.4 Å². The van der Waals surface area contributed by atoms with Crippen molar-refractivity contribution in [1.29, 1.82) is 0 Å². The average Bonchev–Trinajstić information content (AvgIpc) is 3.36. The number of benzene rings is 1. The van der Waals surface area contributed by atoms with Crippen LogP contribution in [0.2, 0.25) is 0 Å². The van der Waals surface area contributed by atoms with Crippen molar-refractivity contribution >= 4 is 17.7 Å². The van der Waals surface area contributed by atoms with E-state index in [0.29, 0.717) is 12.3 Å². The maximum Gasteiger partial charge on any atom is 0.233 e. The van der Waals surface area contributed by atoms with Crippen molar-refractivity contribution in [3.63, 3.8) is 0 Å². The number of methoxy groups -OCH3 is 1. The van der Waals surface area contributed by atoms with Crippen molar-refractivity contribution < 1.29 is 14.3 Å². The molecular formula is C22H32N4O3S. The Kier molecular flexibility index (Phi) is 7.77. The molecule has 0 saturated carbocycles. The van der Waals surface area contributed by atoms with Gasteiger partial charge in [0.05, 0.1) is 25.5 Å². The van der Waals surface area contributed by atoms with E-state index in [2.05, 4.69) is 14.8 Å². The maximum absolute atomic E-state index is 12.8. The number of amides is 1. The van der Waals surface area contributed by atoms with E-state index in [9.17, 15) is 4.79 Å². The lowest BCUT2D eigenvalue weighted by Gasteiger charge is -2.30. The smallest absolute Gasteiger partial charge is 0.233 e. The number of nitrogens with zero attached hydrogens (tertiary/aromatic N) is 4. The van der Waals surface area contributed by atoms with Gasteiger partial charge in [0, 0.05) is 24.3 Å². The molecule has 1 unspecified atom stereocenters. The van der Waals surface area contributed by atoms with Crippen LogP contribution >= 0.6 is 11.8 Å². The average molecular weight is 433 g/mol. The van der Waals surface area contributed by atoms with Crippen LogP contribution in [-0.4, -0.2) is 63.2 Å². The molecule has 7 nitrogen and oxygen atoms in total. The van der Waals surface area contributed by atoms with E-state index >= 15 is 0 Å². The van der Waals surface area contributed by atoms with Gasteiger partial charge in [-0.15, -0.1) is 10.2 Å². The summed E-state index contributed by atoms with van der Waals surface area (Å²) in [4.78, 5) is 14.7. The summed E-state index contributed by atoms with van der Waals surface area (Å²) in [5.41, 5.74) is 0.963. The van der Waals surface area contributed by atoms with E-state index in [1.165, 1.54) is 11.8 Å². The van der Waals surface area contributed by atoms with Gasteiger partial charge in [-0.3, -0.25) is 9.36 Å². The van der Waals surface area contributed by atoms with Gasteiger partial charge in [-0.2, -0.15) is 0 Å². The Balaban J connectivity index is 1.82. The molecule has 30 heavy (non-hydrogen) atoms. The fourth-order valence-corrected chi connectivity index (χ4v) is 4.70. The minimum Gasteiger partial charge on any atom is -0.497 e. The predicted molar refractivity (Wildman–Crippen MR) is 119 cm³/mol. The second-order valence-corrected chi connectivity index (χ2v) is 9.00. The summed E-state index contributed by atoms with van der Waals surface area (Å²) in [6.45, 7) is 9.66. The molecule has 3 rings (SSSR count). The molecule has 1 aromatic heterocycles. The van der Waals surface area contributed by atoms with Gasteiger partial charge >= 0.3 is 0 Å². The summed E-state index contributed by atoms with van der Waals surface area (Å²) in [5.74, 6) is 2.03. The molecule has 2 heterocycles. The van der Waals surface area contributed by atoms with Crippen LogP contribution in [-0.2, 0) is 16.1 Å². The molecule has 0 N–H and O–H groups in total. The molecule has 0 spiro atoms. The van der Waals surface area contributed by atoms with E-state index in [0.717, 1.165) is 41.7 Å². The van der Waals surface area contributed by atoms with Crippen molar-refractivity contribution in [2.24, 2.45) is 0 Å². The number of carbonyl (C=O) groups is 1. The van der Waals surface area contributed by atoms with Gasteiger partial charge in [0.1, 0.15) is 5.75 Å². The lowest BCUT2D eigenvalue weighted by molar-refractivity contribution is -0.131. The van der Waals surface area contributed by atoms with Crippen molar-refractivity contribution in [3.8, 4) is 17.1 Å². The Morgan fingerprint density at radius 1 is 1.23 bits per heavy atom. The van der Waals surface area contributed by atoms with Crippen molar-refractivity contribution in [1.82, 2.24) is 19.7 Å². The maximum atomic E-state index is 12.8. The fourth-order valence-electron chi connectivity index (χ4n) is 3.88. The predicted octanol–water partition coefficient (Wildman–Crippen LogP) is 3.87. The Bertz CT molecular complexity index is 821. The van der Waals surface area contributed by atoms with Crippen molar-refractivity contribution in [2.75, 3.05) is 19.5 Å². The molecule has 164 valence electrons. The molecule has 1 aliphatic heterocycles. The molecule has 2 aromatic rings. The first-order chi connectivity index (χ1) is 14.4. The third-order valence-electron chi connectivity index (χ3n) is 5.20. The van der Waals surface area contributed by atoms with Crippen LogP contribution < -0.4 is 4.74 Å².